The number of rotatable bonds is 8. The van der Waals surface area contributed by atoms with E-state index in [1.54, 1.807) is 7.11 Å². The van der Waals surface area contributed by atoms with Gasteiger partial charge in [-0.05, 0) is 26.3 Å². The highest BCUT2D eigenvalue weighted by Gasteiger charge is 2.22. The summed E-state index contributed by atoms with van der Waals surface area (Å²) in [6.45, 7) is 11.9. The molecule has 1 saturated heterocycles. The number of morpholine rings is 1. The number of hydrogen-bond donors (Lipinski definition) is 2. The van der Waals surface area contributed by atoms with E-state index in [1.165, 1.54) is 11.1 Å². The van der Waals surface area contributed by atoms with Crippen molar-refractivity contribution in [2.24, 2.45) is 4.99 Å². The molecule has 0 saturated carbocycles. The molecule has 1 aromatic carbocycles. The molecule has 1 fully saturated rings. The molecule has 0 radical (unpaired) electrons. The lowest BCUT2D eigenvalue weighted by Crippen LogP contribution is -2.45. The minimum atomic E-state index is 0.207. The van der Waals surface area contributed by atoms with Crippen LogP contribution in [-0.4, -0.2) is 70.0 Å². The van der Waals surface area contributed by atoms with E-state index in [1.807, 2.05) is 0 Å². The SMILES string of the molecule is CCNC(=NCC(c1ccc(C)cc1)N1CCOCC1)NC(C)COC. The maximum atomic E-state index is 5.53. The van der Waals surface area contributed by atoms with Gasteiger partial charge in [0.05, 0.1) is 32.4 Å². The van der Waals surface area contributed by atoms with Crippen molar-refractivity contribution >= 4 is 5.96 Å². The molecule has 0 spiro atoms. The average molecular weight is 363 g/mol. The third-order valence-electron chi connectivity index (χ3n) is 4.51. The number of hydrogen-bond acceptors (Lipinski definition) is 4. The van der Waals surface area contributed by atoms with E-state index in [0.29, 0.717) is 13.2 Å². The van der Waals surface area contributed by atoms with Crippen LogP contribution in [0.25, 0.3) is 0 Å². The van der Waals surface area contributed by atoms with Crippen LogP contribution in [0, 0.1) is 6.92 Å². The summed E-state index contributed by atoms with van der Waals surface area (Å²) >= 11 is 0. The van der Waals surface area contributed by atoms with Gasteiger partial charge < -0.3 is 20.1 Å². The summed E-state index contributed by atoms with van der Waals surface area (Å²) in [6, 6.07) is 9.26. The zero-order valence-electron chi connectivity index (χ0n) is 16.6. The van der Waals surface area contributed by atoms with Crippen molar-refractivity contribution in [3.05, 3.63) is 35.4 Å². The average Bonchev–Trinajstić information content (AvgIpc) is 2.64. The minimum Gasteiger partial charge on any atom is -0.383 e. The van der Waals surface area contributed by atoms with E-state index in [9.17, 15) is 0 Å². The molecule has 26 heavy (non-hydrogen) atoms. The number of nitrogens with zero attached hydrogens (tertiary/aromatic N) is 2. The minimum absolute atomic E-state index is 0.207. The number of guanidine groups is 1. The van der Waals surface area contributed by atoms with Crippen molar-refractivity contribution in [1.29, 1.82) is 0 Å². The van der Waals surface area contributed by atoms with Gasteiger partial charge in [0.15, 0.2) is 5.96 Å². The van der Waals surface area contributed by atoms with Gasteiger partial charge in [-0.1, -0.05) is 29.8 Å². The smallest absolute Gasteiger partial charge is 0.191 e. The molecular formula is C20H34N4O2. The Balaban J connectivity index is 2.13. The third kappa shape index (κ3) is 6.59. The van der Waals surface area contributed by atoms with Gasteiger partial charge in [-0.2, -0.15) is 0 Å². The van der Waals surface area contributed by atoms with Crippen molar-refractivity contribution in [2.45, 2.75) is 32.9 Å². The Morgan fingerprint density at radius 2 is 1.96 bits per heavy atom. The van der Waals surface area contributed by atoms with Gasteiger partial charge in [-0.3, -0.25) is 9.89 Å². The van der Waals surface area contributed by atoms with Crippen LogP contribution in [-0.2, 0) is 9.47 Å². The lowest BCUT2D eigenvalue weighted by atomic mass is 10.0. The molecule has 2 atom stereocenters. The molecule has 6 nitrogen and oxygen atoms in total. The number of aryl methyl sites for hydroxylation is 1. The van der Waals surface area contributed by atoms with Crippen LogP contribution in [0.5, 0.6) is 0 Å². The molecule has 6 heteroatoms. The lowest BCUT2D eigenvalue weighted by Gasteiger charge is -2.34. The Kier molecular flexibility index (Phi) is 8.88. The molecule has 1 aromatic rings. The maximum Gasteiger partial charge on any atom is 0.191 e. The largest absolute Gasteiger partial charge is 0.383 e. The summed E-state index contributed by atoms with van der Waals surface area (Å²) in [5.74, 6) is 0.836. The number of ether oxygens (including phenoxy) is 2. The Morgan fingerprint density at radius 3 is 2.58 bits per heavy atom. The predicted molar refractivity (Wildman–Crippen MR) is 107 cm³/mol. The fourth-order valence-electron chi connectivity index (χ4n) is 3.13. The van der Waals surface area contributed by atoms with Gasteiger partial charge in [0, 0.05) is 32.8 Å². The summed E-state index contributed by atoms with van der Waals surface area (Å²) in [5.41, 5.74) is 2.59. The Labute approximate surface area is 158 Å². The summed E-state index contributed by atoms with van der Waals surface area (Å²) in [5, 5.41) is 6.74. The molecule has 2 N–H and O–H groups in total. The standard InChI is InChI=1S/C20H34N4O2/c1-5-21-20(23-17(3)15-25-4)22-14-19(24-10-12-26-13-11-24)18-8-6-16(2)7-9-18/h6-9,17,19H,5,10-15H2,1-4H3,(H2,21,22,23). The first-order valence-corrected chi connectivity index (χ1v) is 9.56. The van der Waals surface area contributed by atoms with Crippen LogP contribution in [0.2, 0.25) is 0 Å². The summed E-state index contributed by atoms with van der Waals surface area (Å²) < 4.78 is 10.7. The quantitative estimate of drug-likeness (QED) is 0.547. The highest BCUT2D eigenvalue weighted by atomic mass is 16.5. The zero-order chi connectivity index (χ0) is 18.8. The number of benzene rings is 1. The van der Waals surface area contributed by atoms with Crippen LogP contribution in [0.15, 0.2) is 29.3 Å². The van der Waals surface area contributed by atoms with Gasteiger partial charge >= 0.3 is 0 Å². The zero-order valence-corrected chi connectivity index (χ0v) is 16.6. The molecule has 1 aliphatic heterocycles. The van der Waals surface area contributed by atoms with Gasteiger partial charge in [0.25, 0.3) is 0 Å². The lowest BCUT2D eigenvalue weighted by molar-refractivity contribution is 0.0179. The predicted octanol–water partition coefficient (Wildman–Crippen LogP) is 1.96. The van der Waals surface area contributed by atoms with E-state index in [4.69, 9.17) is 14.5 Å². The number of methoxy groups -OCH3 is 1. The molecule has 0 bridgehead atoms. The third-order valence-corrected chi connectivity index (χ3v) is 4.51. The molecule has 2 rings (SSSR count). The highest BCUT2D eigenvalue weighted by molar-refractivity contribution is 5.80. The van der Waals surface area contributed by atoms with Crippen LogP contribution in [0.3, 0.4) is 0 Å². The second-order valence-corrected chi connectivity index (χ2v) is 6.80. The Morgan fingerprint density at radius 1 is 1.27 bits per heavy atom. The van der Waals surface area contributed by atoms with Gasteiger partial charge in [0.1, 0.15) is 0 Å². The van der Waals surface area contributed by atoms with Crippen molar-refractivity contribution in [2.75, 3.05) is 53.1 Å². The molecule has 2 unspecified atom stereocenters. The van der Waals surface area contributed by atoms with E-state index in [-0.39, 0.29) is 12.1 Å². The molecule has 0 amide bonds. The van der Waals surface area contributed by atoms with Crippen LogP contribution < -0.4 is 10.6 Å². The van der Waals surface area contributed by atoms with Crippen molar-refractivity contribution in [3.8, 4) is 0 Å². The van der Waals surface area contributed by atoms with E-state index in [0.717, 1.165) is 38.8 Å². The van der Waals surface area contributed by atoms with E-state index < -0.39 is 0 Å². The Bertz CT molecular complexity index is 541. The Hall–Kier alpha value is -1.63. The number of nitrogens with one attached hydrogen (secondary N) is 2. The second kappa shape index (κ2) is 11.2. The summed E-state index contributed by atoms with van der Waals surface area (Å²) in [6.07, 6.45) is 0. The molecule has 1 heterocycles. The van der Waals surface area contributed by atoms with Crippen molar-refractivity contribution in [3.63, 3.8) is 0 Å². The molecule has 1 aliphatic rings. The van der Waals surface area contributed by atoms with Crippen LogP contribution in [0.1, 0.15) is 31.0 Å². The normalized spacial score (nSPS) is 18.4. The summed E-state index contributed by atoms with van der Waals surface area (Å²) in [4.78, 5) is 7.34. The van der Waals surface area contributed by atoms with Crippen molar-refractivity contribution in [1.82, 2.24) is 15.5 Å². The summed E-state index contributed by atoms with van der Waals surface area (Å²) in [7, 11) is 1.72. The second-order valence-electron chi connectivity index (χ2n) is 6.80. The molecule has 0 aromatic heterocycles. The van der Waals surface area contributed by atoms with Gasteiger partial charge in [0.2, 0.25) is 0 Å². The van der Waals surface area contributed by atoms with Crippen molar-refractivity contribution < 1.29 is 9.47 Å². The maximum absolute atomic E-state index is 5.53. The fraction of sp³-hybridized carbons (Fsp3) is 0.650. The molecular weight excluding hydrogens is 328 g/mol. The number of aliphatic imine (C=N–C) groups is 1. The van der Waals surface area contributed by atoms with Gasteiger partial charge in [-0.25, -0.2) is 0 Å². The molecule has 146 valence electrons. The van der Waals surface area contributed by atoms with Crippen LogP contribution >= 0.6 is 0 Å². The monoisotopic (exact) mass is 362 g/mol. The molecule has 0 aliphatic carbocycles. The first-order chi connectivity index (χ1) is 12.6. The van der Waals surface area contributed by atoms with Crippen LogP contribution in [0.4, 0.5) is 0 Å². The topological polar surface area (TPSA) is 58.1 Å². The fourth-order valence-corrected chi connectivity index (χ4v) is 3.13. The first-order valence-electron chi connectivity index (χ1n) is 9.56. The van der Waals surface area contributed by atoms with E-state index >= 15 is 0 Å². The first kappa shape index (κ1) is 20.7. The van der Waals surface area contributed by atoms with Gasteiger partial charge in [-0.15, -0.1) is 0 Å². The van der Waals surface area contributed by atoms with E-state index in [2.05, 4.69) is 60.6 Å². The highest BCUT2D eigenvalue weighted by Crippen LogP contribution is 2.22.